The van der Waals surface area contributed by atoms with E-state index in [1.807, 2.05) is 0 Å². The summed E-state index contributed by atoms with van der Waals surface area (Å²) in [6.45, 7) is 6.40. The molecule has 0 bridgehead atoms. The number of nitrogens with one attached hydrogen (secondary N) is 2. The normalized spacial score (nSPS) is 15.2. The number of imide groups is 1. The Morgan fingerprint density at radius 1 is 1.35 bits per heavy atom. The Morgan fingerprint density at radius 3 is 2.60 bits per heavy atom. The van der Waals surface area contributed by atoms with Crippen LogP contribution in [0.25, 0.3) is 0 Å². The van der Waals surface area contributed by atoms with Crippen LogP contribution in [0.5, 0.6) is 0 Å². The van der Waals surface area contributed by atoms with Crippen LogP contribution in [0.1, 0.15) is 20.8 Å². The van der Waals surface area contributed by atoms with Crippen LogP contribution in [0.4, 0.5) is 9.59 Å². The second kappa shape index (κ2) is 7.09. The summed E-state index contributed by atoms with van der Waals surface area (Å²) in [6.07, 6.45) is -0.504. The predicted molar refractivity (Wildman–Crippen MR) is 70.2 cm³/mol. The standard InChI is InChI=1S/C12H21N3O5/c1-12(2,3)20-11(18)13-4-6-19-7-5-15-9(16)8-14-10(15)17/h4-8H2,1-3H3,(H,13,18)(H,14,17). The number of alkyl carbamates (subject to hydrolysis) is 1. The molecule has 4 amide bonds. The van der Waals surface area contributed by atoms with Crippen LogP contribution >= 0.6 is 0 Å². The molecule has 114 valence electrons. The lowest BCUT2D eigenvalue weighted by Gasteiger charge is -2.19. The van der Waals surface area contributed by atoms with Gasteiger partial charge in [-0.25, -0.2) is 9.59 Å². The van der Waals surface area contributed by atoms with Crippen molar-refractivity contribution in [1.29, 1.82) is 0 Å². The Kier molecular flexibility index (Phi) is 5.75. The van der Waals surface area contributed by atoms with E-state index < -0.39 is 17.7 Å². The zero-order chi connectivity index (χ0) is 15.2. The maximum Gasteiger partial charge on any atom is 0.407 e. The molecule has 1 fully saturated rings. The first-order valence-corrected chi connectivity index (χ1v) is 6.42. The Labute approximate surface area is 117 Å². The van der Waals surface area contributed by atoms with Crippen molar-refractivity contribution in [2.45, 2.75) is 26.4 Å². The third-order valence-corrected chi connectivity index (χ3v) is 2.31. The van der Waals surface area contributed by atoms with Gasteiger partial charge in [0.15, 0.2) is 0 Å². The summed E-state index contributed by atoms with van der Waals surface area (Å²) in [5.41, 5.74) is -0.533. The molecule has 1 aliphatic heterocycles. The Morgan fingerprint density at radius 2 is 2.05 bits per heavy atom. The first-order valence-electron chi connectivity index (χ1n) is 6.42. The summed E-state index contributed by atoms with van der Waals surface area (Å²) in [7, 11) is 0. The first-order chi connectivity index (χ1) is 9.29. The summed E-state index contributed by atoms with van der Waals surface area (Å²) < 4.78 is 10.3. The van der Waals surface area contributed by atoms with Gasteiger partial charge in [0.05, 0.1) is 26.3 Å². The van der Waals surface area contributed by atoms with E-state index in [1.165, 1.54) is 0 Å². The zero-order valence-electron chi connectivity index (χ0n) is 12.0. The lowest BCUT2D eigenvalue weighted by Crippen LogP contribution is -2.36. The predicted octanol–water partition coefficient (Wildman–Crippen LogP) is 0.0795. The molecule has 1 rings (SSSR count). The van der Waals surface area contributed by atoms with E-state index in [0.29, 0.717) is 6.54 Å². The van der Waals surface area contributed by atoms with Gasteiger partial charge >= 0.3 is 12.1 Å². The number of amides is 4. The van der Waals surface area contributed by atoms with Gasteiger partial charge in [-0.2, -0.15) is 0 Å². The molecular weight excluding hydrogens is 266 g/mol. The number of hydrogen-bond donors (Lipinski definition) is 2. The fraction of sp³-hybridized carbons (Fsp3) is 0.750. The van der Waals surface area contributed by atoms with Crippen molar-refractivity contribution >= 4 is 18.0 Å². The Balaban J connectivity index is 2.04. The van der Waals surface area contributed by atoms with Crippen LogP contribution in [0.3, 0.4) is 0 Å². The fourth-order valence-electron chi connectivity index (χ4n) is 1.48. The highest BCUT2D eigenvalue weighted by Crippen LogP contribution is 2.06. The second-order valence-electron chi connectivity index (χ2n) is 5.25. The van der Waals surface area contributed by atoms with Crippen LogP contribution < -0.4 is 10.6 Å². The highest BCUT2D eigenvalue weighted by atomic mass is 16.6. The number of rotatable bonds is 6. The summed E-state index contributed by atoms with van der Waals surface area (Å²) in [5, 5.41) is 4.96. The van der Waals surface area contributed by atoms with Crippen LogP contribution in [-0.2, 0) is 14.3 Å². The minimum atomic E-state index is -0.533. The molecule has 0 aliphatic carbocycles. The molecule has 0 radical (unpaired) electrons. The number of carbonyl (C=O) groups excluding carboxylic acids is 3. The molecule has 20 heavy (non-hydrogen) atoms. The molecule has 8 nitrogen and oxygen atoms in total. The molecule has 0 aromatic heterocycles. The van der Waals surface area contributed by atoms with E-state index >= 15 is 0 Å². The Hall–Kier alpha value is -1.83. The summed E-state index contributed by atoms with van der Waals surface area (Å²) in [5.74, 6) is -0.259. The van der Waals surface area contributed by atoms with Crippen molar-refractivity contribution < 1.29 is 23.9 Å². The number of nitrogens with zero attached hydrogens (tertiary/aromatic N) is 1. The van der Waals surface area contributed by atoms with Crippen LogP contribution in [-0.4, -0.2) is 61.4 Å². The molecule has 0 aromatic rings. The molecule has 0 saturated carbocycles. The molecule has 0 spiro atoms. The van der Waals surface area contributed by atoms with Gasteiger partial charge in [-0.05, 0) is 20.8 Å². The van der Waals surface area contributed by atoms with Crippen LogP contribution in [0, 0.1) is 0 Å². The molecule has 0 unspecified atom stereocenters. The molecule has 2 N–H and O–H groups in total. The van der Waals surface area contributed by atoms with Gasteiger partial charge in [-0.3, -0.25) is 9.69 Å². The summed E-state index contributed by atoms with van der Waals surface area (Å²) >= 11 is 0. The molecular formula is C12H21N3O5. The second-order valence-corrected chi connectivity index (χ2v) is 5.25. The summed E-state index contributed by atoms with van der Waals surface area (Å²) in [6, 6.07) is -0.398. The quantitative estimate of drug-likeness (QED) is 0.532. The number of carbonyl (C=O) groups is 3. The SMILES string of the molecule is CC(C)(C)OC(=O)NCCOCCN1C(=O)CNC1=O. The minimum Gasteiger partial charge on any atom is -0.444 e. The van der Waals surface area contributed by atoms with Crippen molar-refractivity contribution in [3.05, 3.63) is 0 Å². The van der Waals surface area contributed by atoms with E-state index in [1.54, 1.807) is 20.8 Å². The van der Waals surface area contributed by atoms with Gasteiger partial charge in [-0.1, -0.05) is 0 Å². The Bertz CT molecular complexity index is 362. The van der Waals surface area contributed by atoms with Crippen molar-refractivity contribution in [2.24, 2.45) is 0 Å². The minimum absolute atomic E-state index is 0.0407. The van der Waals surface area contributed by atoms with Gasteiger partial charge < -0.3 is 20.1 Å². The lowest BCUT2D eigenvalue weighted by atomic mass is 10.2. The highest BCUT2D eigenvalue weighted by molar-refractivity contribution is 6.01. The van der Waals surface area contributed by atoms with E-state index in [9.17, 15) is 14.4 Å². The molecule has 0 atom stereocenters. The van der Waals surface area contributed by atoms with Gasteiger partial charge in [-0.15, -0.1) is 0 Å². The largest absolute Gasteiger partial charge is 0.444 e. The van der Waals surface area contributed by atoms with E-state index in [0.717, 1.165) is 4.90 Å². The average molecular weight is 287 g/mol. The van der Waals surface area contributed by atoms with Crippen molar-refractivity contribution in [3.63, 3.8) is 0 Å². The van der Waals surface area contributed by atoms with Crippen molar-refractivity contribution in [2.75, 3.05) is 32.8 Å². The average Bonchev–Trinajstić information content (AvgIpc) is 2.62. The van der Waals surface area contributed by atoms with Gasteiger partial charge in [0.2, 0.25) is 5.91 Å². The van der Waals surface area contributed by atoms with Crippen LogP contribution in [0.15, 0.2) is 0 Å². The smallest absolute Gasteiger partial charge is 0.407 e. The maximum absolute atomic E-state index is 11.3. The van der Waals surface area contributed by atoms with Crippen LogP contribution in [0.2, 0.25) is 0 Å². The van der Waals surface area contributed by atoms with Crippen molar-refractivity contribution in [1.82, 2.24) is 15.5 Å². The zero-order valence-corrected chi connectivity index (χ0v) is 12.0. The molecule has 8 heteroatoms. The van der Waals surface area contributed by atoms with E-state index in [2.05, 4.69) is 10.6 Å². The maximum atomic E-state index is 11.3. The molecule has 1 heterocycles. The number of urea groups is 1. The molecule has 1 aliphatic rings. The van der Waals surface area contributed by atoms with Crippen molar-refractivity contribution in [3.8, 4) is 0 Å². The molecule has 1 saturated heterocycles. The fourth-order valence-corrected chi connectivity index (χ4v) is 1.48. The number of ether oxygens (including phenoxy) is 2. The van der Waals surface area contributed by atoms with Gasteiger partial charge in [0.25, 0.3) is 0 Å². The third kappa shape index (κ3) is 5.87. The lowest BCUT2D eigenvalue weighted by molar-refractivity contribution is -0.125. The van der Waals surface area contributed by atoms with Gasteiger partial charge in [0, 0.05) is 6.54 Å². The number of hydrogen-bond acceptors (Lipinski definition) is 5. The molecule has 0 aromatic carbocycles. The third-order valence-electron chi connectivity index (χ3n) is 2.31. The van der Waals surface area contributed by atoms with E-state index in [4.69, 9.17) is 9.47 Å². The first kappa shape index (κ1) is 16.2. The topological polar surface area (TPSA) is 97.0 Å². The monoisotopic (exact) mass is 287 g/mol. The van der Waals surface area contributed by atoms with Gasteiger partial charge in [0.1, 0.15) is 5.60 Å². The van der Waals surface area contributed by atoms with E-state index in [-0.39, 0.29) is 32.2 Å². The highest BCUT2D eigenvalue weighted by Gasteiger charge is 2.27. The summed E-state index contributed by atoms with van der Waals surface area (Å²) in [4.78, 5) is 34.8.